The summed E-state index contributed by atoms with van der Waals surface area (Å²) in [6.07, 6.45) is 0.822. The molecular weight excluding hydrogens is 429 g/mol. The molecule has 0 N–H and O–H groups in total. The van der Waals surface area contributed by atoms with Crippen LogP contribution in [0.2, 0.25) is 5.02 Å². The highest BCUT2D eigenvalue weighted by molar-refractivity contribution is 14.1. The zero-order valence-electron chi connectivity index (χ0n) is 9.34. The predicted molar refractivity (Wildman–Crippen MR) is 85.9 cm³/mol. The Balaban J connectivity index is 2.19. The van der Waals surface area contributed by atoms with Crippen LogP contribution in [-0.2, 0) is 6.42 Å². The second kappa shape index (κ2) is 6.35. The first-order valence-corrected chi connectivity index (χ1v) is 7.77. The molecule has 0 radical (unpaired) electrons. The van der Waals surface area contributed by atoms with Crippen LogP contribution in [0.15, 0.2) is 42.5 Å². The first-order chi connectivity index (χ1) is 8.56. The smallest absolute Gasteiger partial charge is 0.124 e. The van der Waals surface area contributed by atoms with Crippen molar-refractivity contribution in [3.63, 3.8) is 0 Å². The van der Waals surface area contributed by atoms with Crippen LogP contribution >= 0.6 is 50.1 Å². The molecule has 0 nitrogen and oxygen atoms in total. The third kappa shape index (κ3) is 3.68. The molecule has 0 spiro atoms. The minimum absolute atomic E-state index is 0.156. The zero-order chi connectivity index (χ0) is 13.1. The first-order valence-electron chi connectivity index (χ1n) is 5.40. The highest BCUT2D eigenvalue weighted by Gasteiger charge is 2.12. The third-order valence-electron chi connectivity index (χ3n) is 2.60. The van der Waals surface area contributed by atoms with Gasteiger partial charge in [0.15, 0.2) is 0 Å². The minimum Gasteiger partial charge on any atom is -0.207 e. The van der Waals surface area contributed by atoms with E-state index in [1.807, 2.05) is 30.3 Å². The molecule has 4 heteroatoms. The average molecular weight is 439 g/mol. The largest absolute Gasteiger partial charge is 0.207 e. The topological polar surface area (TPSA) is 0 Å². The number of alkyl halides is 1. The molecule has 1 atom stereocenters. The van der Waals surface area contributed by atoms with Gasteiger partial charge in [-0.05, 0) is 64.4 Å². The van der Waals surface area contributed by atoms with E-state index in [-0.39, 0.29) is 10.6 Å². The van der Waals surface area contributed by atoms with Crippen LogP contribution in [0, 0.1) is 9.39 Å². The van der Waals surface area contributed by atoms with E-state index in [0.717, 1.165) is 26.1 Å². The van der Waals surface area contributed by atoms with Gasteiger partial charge in [0.05, 0.1) is 0 Å². The van der Waals surface area contributed by atoms with Crippen LogP contribution in [0.3, 0.4) is 0 Å². The lowest BCUT2D eigenvalue weighted by Crippen LogP contribution is -1.98. The van der Waals surface area contributed by atoms with Crippen molar-refractivity contribution < 1.29 is 4.39 Å². The number of benzene rings is 2. The molecule has 0 saturated heterocycles. The zero-order valence-corrected chi connectivity index (χ0v) is 13.8. The average Bonchev–Trinajstić information content (AvgIpc) is 2.28. The van der Waals surface area contributed by atoms with Gasteiger partial charge in [-0.3, -0.25) is 0 Å². The van der Waals surface area contributed by atoms with Gasteiger partial charge >= 0.3 is 0 Å². The molecular formula is C14H10BrClFI. The Kier molecular flexibility index (Phi) is 5.04. The van der Waals surface area contributed by atoms with Crippen LogP contribution < -0.4 is 0 Å². The van der Waals surface area contributed by atoms with E-state index in [9.17, 15) is 4.39 Å². The summed E-state index contributed by atoms with van der Waals surface area (Å²) in [7, 11) is 0. The maximum atomic E-state index is 13.1. The summed E-state index contributed by atoms with van der Waals surface area (Å²) in [4.78, 5) is 0.156. The summed E-state index contributed by atoms with van der Waals surface area (Å²) in [5, 5.41) is 0.737. The van der Waals surface area contributed by atoms with Crippen molar-refractivity contribution >= 4 is 50.1 Å². The van der Waals surface area contributed by atoms with Gasteiger partial charge in [-0.15, -0.1) is 0 Å². The molecule has 1 unspecified atom stereocenters. The van der Waals surface area contributed by atoms with Crippen LogP contribution in [0.25, 0.3) is 0 Å². The lowest BCUT2D eigenvalue weighted by atomic mass is 10.0. The van der Waals surface area contributed by atoms with Gasteiger partial charge in [-0.1, -0.05) is 45.7 Å². The quantitative estimate of drug-likeness (QED) is 0.421. The van der Waals surface area contributed by atoms with E-state index >= 15 is 0 Å². The Hall–Kier alpha value is -0.130. The second-order valence-corrected chi connectivity index (χ2v) is 6.67. The van der Waals surface area contributed by atoms with Gasteiger partial charge in [0, 0.05) is 13.4 Å². The second-order valence-electron chi connectivity index (χ2n) is 3.97. The van der Waals surface area contributed by atoms with Gasteiger partial charge in [-0.2, -0.15) is 0 Å². The third-order valence-corrected chi connectivity index (χ3v) is 4.59. The van der Waals surface area contributed by atoms with Crippen molar-refractivity contribution in [1.82, 2.24) is 0 Å². The Labute approximate surface area is 133 Å². The molecule has 2 aromatic rings. The van der Waals surface area contributed by atoms with E-state index in [1.54, 1.807) is 6.07 Å². The number of hydrogen-bond donors (Lipinski definition) is 0. The Morgan fingerprint density at radius 2 is 2.00 bits per heavy atom. The summed E-state index contributed by atoms with van der Waals surface area (Å²) >= 11 is 11.8. The van der Waals surface area contributed by atoms with Crippen molar-refractivity contribution in [2.45, 2.75) is 11.2 Å². The molecule has 0 amide bonds. The van der Waals surface area contributed by atoms with E-state index in [4.69, 9.17) is 11.6 Å². The fourth-order valence-electron chi connectivity index (χ4n) is 1.74. The molecule has 0 aromatic heterocycles. The van der Waals surface area contributed by atoms with Crippen molar-refractivity contribution in [2.75, 3.05) is 0 Å². The summed E-state index contributed by atoms with van der Waals surface area (Å²) in [5.74, 6) is -0.203. The van der Waals surface area contributed by atoms with Crippen LogP contribution in [-0.4, -0.2) is 0 Å². The predicted octanol–water partition coefficient (Wildman–Crippen LogP) is 5.76. The van der Waals surface area contributed by atoms with Gasteiger partial charge in [-0.25, -0.2) is 4.39 Å². The number of halogens is 4. The van der Waals surface area contributed by atoms with E-state index < -0.39 is 0 Å². The molecule has 18 heavy (non-hydrogen) atoms. The van der Waals surface area contributed by atoms with Crippen molar-refractivity contribution in [2.24, 2.45) is 0 Å². The van der Waals surface area contributed by atoms with Crippen LogP contribution in [0.4, 0.5) is 4.39 Å². The summed E-state index contributed by atoms with van der Waals surface area (Å²) in [6.45, 7) is 0. The molecule has 2 aromatic carbocycles. The number of hydrogen-bond acceptors (Lipinski definition) is 0. The summed E-state index contributed by atoms with van der Waals surface area (Å²) in [5.41, 5.74) is 2.25. The van der Waals surface area contributed by atoms with Crippen molar-refractivity contribution in [3.8, 4) is 0 Å². The lowest BCUT2D eigenvalue weighted by molar-refractivity contribution is 0.625. The van der Waals surface area contributed by atoms with Gasteiger partial charge < -0.3 is 0 Å². The molecule has 0 heterocycles. The highest BCUT2D eigenvalue weighted by atomic mass is 127. The number of rotatable bonds is 3. The van der Waals surface area contributed by atoms with E-state index in [1.165, 1.54) is 6.07 Å². The molecule has 0 fully saturated rings. The maximum Gasteiger partial charge on any atom is 0.124 e. The Morgan fingerprint density at radius 1 is 1.22 bits per heavy atom. The molecule has 94 valence electrons. The van der Waals surface area contributed by atoms with E-state index in [2.05, 4.69) is 38.5 Å². The molecule has 0 aliphatic heterocycles. The van der Waals surface area contributed by atoms with Crippen molar-refractivity contribution in [1.29, 1.82) is 0 Å². The monoisotopic (exact) mass is 438 g/mol. The maximum absolute atomic E-state index is 13.1. The van der Waals surface area contributed by atoms with Gasteiger partial charge in [0.1, 0.15) is 5.82 Å². The Morgan fingerprint density at radius 3 is 2.67 bits per heavy atom. The molecule has 0 saturated carbocycles. The fourth-order valence-corrected chi connectivity index (χ4v) is 4.00. The SMILES string of the molecule is Fc1ccc(C(Br)Cc2cccc(Cl)c2)c(I)c1. The van der Waals surface area contributed by atoms with E-state index in [0.29, 0.717) is 0 Å². The summed E-state index contributed by atoms with van der Waals surface area (Å²) in [6, 6.07) is 12.6. The fraction of sp³-hybridized carbons (Fsp3) is 0.143. The standard InChI is InChI=1S/C14H10BrClFI/c15-13(7-9-2-1-3-10(16)6-9)12-5-4-11(17)8-14(12)18/h1-6,8,13H,7H2. The van der Waals surface area contributed by atoms with Crippen LogP contribution in [0.1, 0.15) is 16.0 Å². The van der Waals surface area contributed by atoms with Gasteiger partial charge in [0.2, 0.25) is 0 Å². The van der Waals surface area contributed by atoms with Crippen molar-refractivity contribution in [3.05, 3.63) is 68.0 Å². The first kappa shape index (κ1) is 14.3. The minimum atomic E-state index is -0.203. The van der Waals surface area contributed by atoms with Crippen LogP contribution in [0.5, 0.6) is 0 Å². The molecule has 0 bridgehead atoms. The van der Waals surface area contributed by atoms with Gasteiger partial charge in [0.25, 0.3) is 0 Å². The normalized spacial score (nSPS) is 12.4. The lowest BCUT2D eigenvalue weighted by Gasteiger charge is -2.12. The Bertz CT molecular complexity index is 559. The molecule has 2 rings (SSSR count). The highest BCUT2D eigenvalue weighted by Crippen LogP contribution is 2.31. The summed E-state index contributed by atoms with van der Waals surface area (Å²) < 4.78 is 14.0. The molecule has 0 aliphatic rings. The molecule has 0 aliphatic carbocycles.